The van der Waals surface area contributed by atoms with Crippen molar-refractivity contribution in [3.05, 3.63) is 84.6 Å². The van der Waals surface area contributed by atoms with Crippen molar-refractivity contribution in [3.8, 4) is 0 Å². The zero-order valence-electron chi connectivity index (χ0n) is 19.0. The van der Waals surface area contributed by atoms with Crippen LogP contribution in [0.2, 0.25) is 0 Å². The van der Waals surface area contributed by atoms with E-state index < -0.39 is 20.7 Å². The number of carbonyl (C=O) groups excluding carboxylic acids is 1. The number of anilines is 1. The highest BCUT2D eigenvalue weighted by molar-refractivity contribution is 7.93. The summed E-state index contributed by atoms with van der Waals surface area (Å²) in [6.45, 7) is 0. The zero-order valence-corrected chi connectivity index (χ0v) is 19.8. The van der Waals surface area contributed by atoms with Gasteiger partial charge in [0, 0.05) is 36.2 Å². The number of pyridine rings is 1. The number of aliphatic imine (C=N–C) groups is 1. The minimum Gasteiger partial charge on any atom is -0.469 e. The maximum Gasteiger partial charge on any atom is 0.305 e. The molecule has 1 aliphatic heterocycles. The van der Waals surface area contributed by atoms with Crippen molar-refractivity contribution in [2.24, 2.45) is 4.99 Å². The molecule has 0 saturated heterocycles. The van der Waals surface area contributed by atoms with Crippen molar-refractivity contribution in [3.63, 3.8) is 0 Å². The Hall–Kier alpha value is -4.04. The number of sulfone groups is 1. The molecule has 0 amide bonds. The van der Waals surface area contributed by atoms with Gasteiger partial charge in [0.05, 0.1) is 12.0 Å². The number of nitrogens with two attached hydrogens (primary N) is 1. The topological polar surface area (TPSA) is 112 Å². The highest BCUT2D eigenvalue weighted by Gasteiger charge is 2.49. The zero-order chi connectivity index (χ0) is 24.6. The number of aromatic nitrogens is 1. The standard InChI is InChI=1S/C27H23N3O4S/c1-34-25(31)10-13-27(35(32,33)22-8-6-18-4-2-3-5-19(18)17-22)24(12-15-30-27)21-7-9-23-20(16-21)11-14-29-26(23)28/h2-9,11-12,14-17H,10,13H2,1H3,(H2,28,29). The maximum absolute atomic E-state index is 14.3. The Morgan fingerprint density at radius 2 is 1.80 bits per heavy atom. The molecule has 2 N–H and O–H groups in total. The molecule has 0 radical (unpaired) electrons. The molecule has 8 heteroatoms. The molecular formula is C27H23N3O4S. The Morgan fingerprint density at radius 1 is 1.00 bits per heavy atom. The van der Waals surface area contributed by atoms with Crippen LogP contribution in [0.5, 0.6) is 0 Å². The van der Waals surface area contributed by atoms with E-state index in [0.717, 1.165) is 21.5 Å². The van der Waals surface area contributed by atoms with E-state index in [4.69, 9.17) is 10.5 Å². The Balaban J connectivity index is 1.67. The van der Waals surface area contributed by atoms with Crippen molar-refractivity contribution >= 4 is 55.0 Å². The normalized spacial score (nSPS) is 17.6. The van der Waals surface area contributed by atoms with Crippen molar-refractivity contribution in [2.75, 3.05) is 12.8 Å². The van der Waals surface area contributed by atoms with Gasteiger partial charge in [-0.25, -0.2) is 13.4 Å². The summed E-state index contributed by atoms with van der Waals surface area (Å²) in [7, 11) is -2.78. The third-order valence-corrected chi connectivity index (χ3v) is 8.72. The monoisotopic (exact) mass is 485 g/mol. The first-order chi connectivity index (χ1) is 16.9. The lowest BCUT2D eigenvalue weighted by molar-refractivity contribution is -0.140. The SMILES string of the molecule is COC(=O)CCC1(S(=O)(=O)c2ccc3ccccc3c2)N=CC=C1c1ccc2c(N)nccc2c1. The Bertz CT molecular complexity index is 1640. The van der Waals surface area contributed by atoms with Gasteiger partial charge in [-0.1, -0.05) is 42.5 Å². The predicted octanol–water partition coefficient (Wildman–Crippen LogP) is 4.56. The number of hydrogen-bond acceptors (Lipinski definition) is 7. The number of rotatable bonds is 6. The number of ether oxygens (including phenoxy) is 1. The van der Waals surface area contributed by atoms with Crippen LogP contribution < -0.4 is 5.73 Å². The van der Waals surface area contributed by atoms with Crippen LogP contribution >= 0.6 is 0 Å². The fourth-order valence-electron chi connectivity index (χ4n) is 4.57. The third-order valence-electron chi connectivity index (χ3n) is 6.42. The molecule has 3 aromatic carbocycles. The second-order valence-electron chi connectivity index (χ2n) is 8.36. The van der Waals surface area contributed by atoms with Crippen molar-refractivity contribution in [1.82, 2.24) is 4.98 Å². The molecule has 2 heterocycles. The summed E-state index contributed by atoms with van der Waals surface area (Å²) in [6.07, 6.45) is 4.63. The van der Waals surface area contributed by atoms with E-state index in [1.165, 1.54) is 13.3 Å². The molecule has 0 bridgehead atoms. The van der Waals surface area contributed by atoms with Crippen LogP contribution in [0, 0.1) is 0 Å². The minimum atomic E-state index is -4.07. The fraction of sp³-hybridized carbons (Fsp3) is 0.148. The molecule has 0 spiro atoms. The molecule has 0 aliphatic carbocycles. The second kappa shape index (κ2) is 8.63. The van der Waals surface area contributed by atoms with E-state index in [1.54, 1.807) is 30.5 Å². The molecule has 1 aliphatic rings. The summed E-state index contributed by atoms with van der Waals surface area (Å²) in [4.78, 5) is 19.2. The van der Waals surface area contributed by atoms with Crippen molar-refractivity contribution < 1.29 is 17.9 Å². The largest absolute Gasteiger partial charge is 0.469 e. The molecule has 4 aromatic rings. The van der Waals surface area contributed by atoms with Crippen molar-refractivity contribution in [2.45, 2.75) is 22.6 Å². The van der Waals surface area contributed by atoms with Crippen LogP contribution in [-0.4, -0.2) is 37.6 Å². The molecule has 0 fully saturated rings. The molecule has 1 atom stereocenters. The van der Waals surface area contributed by atoms with Crippen LogP contribution in [0.25, 0.3) is 27.1 Å². The van der Waals surface area contributed by atoms with E-state index in [-0.39, 0.29) is 17.7 Å². The van der Waals surface area contributed by atoms with Crippen LogP contribution in [0.1, 0.15) is 18.4 Å². The van der Waals surface area contributed by atoms with Gasteiger partial charge in [0.25, 0.3) is 0 Å². The maximum atomic E-state index is 14.3. The molecule has 176 valence electrons. The number of nitrogens with zero attached hydrogens (tertiary/aromatic N) is 2. The summed E-state index contributed by atoms with van der Waals surface area (Å²) in [5, 5.41) is 3.33. The number of allylic oxidation sites excluding steroid dienone is 1. The summed E-state index contributed by atoms with van der Waals surface area (Å²) >= 11 is 0. The number of esters is 1. The summed E-state index contributed by atoms with van der Waals surface area (Å²) in [5.41, 5.74) is 7.17. The molecule has 1 aromatic heterocycles. The number of carbonyl (C=O) groups is 1. The first-order valence-electron chi connectivity index (χ1n) is 11.1. The van der Waals surface area contributed by atoms with Gasteiger partial charge in [0.2, 0.25) is 9.84 Å². The summed E-state index contributed by atoms with van der Waals surface area (Å²) < 4.78 is 33.3. The van der Waals surface area contributed by atoms with E-state index in [2.05, 4.69) is 9.98 Å². The lowest BCUT2D eigenvalue weighted by atomic mass is 9.94. The third kappa shape index (κ3) is 3.76. The molecule has 7 nitrogen and oxygen atoms in total. The number of methoxy groups -OCH3 is 1. The molecule has 35 heavy (non-hydrogen) atoms. The van der Waals surface area contributed by atoms with Gasteiger partial charge < -0.3 is 10.5 Å². The van der Waals surface area contributed by atoms with E-state index in [9.17, 15) is 13.2 Å². The van der Waals surface area contributed by atoms with Gasteiger partial charge in [0.15, 0.2) is 4.87 Å². The van der Waals surface area contributed by atoms with Crippen LogP contribution in [0.15, 0.2) is 88.9 Å². The summed E-state index contributed by atoms with van der Waals surface area (Å²) in [6, 6.07) is 19.9. The van der Waals surface area contributed by atoms with Crippen molar-refractivity contribution in [1.29, 1.82) is 0 Å². The van der Waals surface area contributed by atoms with Gasteiger partial charge in [-0.05, 0) is 52.1 Å². The number of hydrogen-bond donors (Lipinski definition) is 1. The number of nitrogen functional groups attached to an aromatic ring is 1. The van der Waals surface area contributed by atoms with Gasteiger partial charge in [-0.3, -0.25) is 9.79 Å². The molecular weight excluding hydrogens is 462 g/mol. The van der Waals surface area contributed by atoms with Crippen LogP contribution in [-0.2, 0) is 19.4 Å². The first kappa shape index (κ1) is 22.7. The number of fused-ring (bicyclic) bond motifs is 2. The van der Waals surface area contributed by atoms with E-state index in [1.807, 2.05) is 48.5 Å². The Kier molecular flexibility index (Phi) is 5.61. The van der Waals surface area contributed by atoms with E-state index >= 15 is 0 Å². The smallest absolute Gasteiger partial charge is 0.305 e. The van der Waals surface area contributed by atoms with Gasteiger partial charge >= 0.3 is 5.97 Å². The van der Waals surface area contributed by atoms with Gasteiger partial charge in [0.1, 0.15) is 5.82 Å². The van der Waals surface area contributed by atoms with Gasteiger partial charge in [-0.2, -0.15) is 0 Å². The second-order valence-corrected chi connectivity index (χ2v) is 10.5. The Labute approximate surface area is 202 Å². The first-order valence-corrected chi connectivity index (χ1v) is 12.5. The molecule has 1 unspecified atom stereocenters. The molecule has 0 saturated carbocycles. The molecule has 5 rings (SSSR count). The minimum absolute atomic E-state index is 0.0618. The lowest BCUT2D eigenvalue weighted by Gasteiger charge is -2.30. The Morgan fingerprint density at radius 3 is 2.60 bits per heavy atom. The lowest BCUT2D eigenvalue weighted by Crippen LogP contribution is -2.37. The quantitative estimate of drug-likeness (QED) is 0.401. The van der Waals surface area contributed by atoms with E-state index in [0.29, 0.717) is 17.0 Å². The highest BCUT2D eigenvalue weighted by atomic mass is 32.2. The number of benzene rings is 3. The predicted molar refractivity (Wildman–Crippen MR) is 138 cm³/mol. The fourth-order valence-corrected chi connectivity index (χ4v) is 6.54. The average molecular weight is 486 g/mol. The van der Waals surface area contributed by atoms with Gasteiger partial charge in [-0.15, -0.1) is 0 Å². The summed E-state index contributed by atoms with van der Waals surface area (Å²) in [5.74, 6) is -0.108. The average Bonchev–Trinajstić information content (AvgIpc) is 3.32. The van der Waals surface area contributed by atoms with Crippen LogP contribution in [0.4, 0.5) is 5.82 Å². The van der Waals surface area contributed by atoms with Crippen LogP contribution in [0.3, 0.4) is 0 Å². The highest BCUT2D eigenvalue weighted by Crippen LogP contribution is 2.46.